The van der Waals surface area contributed by atoms with Gasteiger partial charge in [0.1, 0.15) is 5.75 Å². The predicted octanol–water partition coefficient (Wildman–Crippen LogP) is 1.76. The van der Waals surface area contributed by atoms with Crippen LogP contribution in [0.4, 0.5) is 0 Å². The second-order valence-corrected chi connectivity index (χ2v) is 8.83. The minimum atomic E-state index is -1.37. The number of phenolic OH excluding ortho intramolecular Hbond substituents is 1. The molecule has 3 heteroatoms. The summed E-state index contributed by atoms with van der Waals surface area (Å²) in [6.07, 6.45) is 0. The third kappa shape index (κ3) is 2.32. The van der Waals surface area contributed by atoms with Crippen molar-refractivity contribution < 1.29 is 5.11 Å². The smallest absolute Gasteiger partial charge is 0.116 e. The van der Waals surface area contributed by atoms with Crippen LogP contribution in [0.15, 0.2) is 24.3 Å². The van der Waals surface area contributed by atoms with Gasteiger partial charge in [-0.05, 0) is 36.8 Å². The fourth-order valence-electron chi connectivity index (χ4n) is 0.828. The van der Waals surface area contributed by atoms with Gasteiger partial charge in [-0.2, -0.15) is 0 Å². The molecule has 0 saturated heterocycles. The molecule has 0 fully saturated rings. The molecule has 1 rings (SSSR count). The molecule has 0 amide bonds. The summed E-state index contributed by atoms with van der Waals surface area (Å²) in [6, 6.07) is 5.85. The lowest BCUT2D eigenvalue weighted by molar-refractivity contribution is 0.476. The highest BCUT2D eigenvalue weighted by Gasteiger charge is 2.05. The summed E-state index contributed by atoms with van der Waals surface area (Å²) in [5.41, 5.74) is 0. The Hall–Kier alpha value is -0.330. The van der Waals surface area contributed by atoms with Gasteiger partial charge < -0.3 is 5.11 Å². The fraction of sp³-hybridized carbons (Fsp3) is 0.250. The molecule has 11 heavy (non-hydrogen) atoms. The Labute approximate surface area is 72.1 Å². The molecule has 0 aliphatic carbocycles. The fourth-order valence-corrected chi connectivity index (χ4v) is 2.06. The summed E-state index contributed by atoms with van der Waals surface area (Å²) in [6.45, 7) is 4.11. The zero-order valence-corrected chi connectivity index (χ0v) is 8.32. The highest BCUT2D eigenvalue weighted by Crippen LogP contribution is 2.35. The average molecular weight is 186 g/mol. The van der Waals surface area contributed by atoms with Crippen molar-refractivity contribution in [3.63, 3.8) is 0 Å². The summed E-state index contributed by atoms with van der Waals surface area (Å²) in [4.78, 5) is 0. The van der Waals surface area contributed by atoms with Crippen LogP contribution < -0.4 is 5.30 Å². The van der Waals surface area contributed by atoms with Gasteiger partial charge in [0, 0.05) is 0 Å². The van der Waals surface area contributed by atoms with E-state index in [0.717, 1.165) is 5.30 Å². The van der Waals surface area contributed by atoms with Gasteiger partial charge in [0.25, 0.3) is 0 Å². The Morgan fingerprint density at radius 3 is 2.36 bits per heavy atom. The maximum atomic E-state index is 9.15. The second-order valence-electron chi connectivity index (χ2n) is 2.87. The van der Waals surface area contributed by atoms with E-state index in [1.165, 1.54) is 0 Å². The molecule has 0 unspecified atom stereocenters. The molecule has 1 nitrogen and oxygen atoms in total. The molecular weight excluding hydrogens is 175 g/mol. The maximum absolute atomic E-state index is 9.15. The molecule has 60 valence electrons. The third-order valence-electron chi connectivity index (χ3n) is 1.45. The van der Waals surface area contributed by atoms with Gasteiger partial charge in [-0.15, -0.1) is 0 Å². The lowest BCUT2D eigenvalue weighted by atomic mass is 10.3. The van der Waals surface area contributed by atoms with E-state index < -0.39 is 6.04 Å². The highest BCUT2D eigenvalue weighted by molar-refractivity contribution is 8.17. The predicted molar refractivity (Wildman–Crippen MR) is 53.9 cm³/mol. The number of hydrogen-bond donors (Lipinski definition) is 1. The summed E-state index contributed by atoms with van der Waals surface area (Å²) in [5.74, 6) is 0.306. The van der Waals surface area contributed by atoms with Crippen molar-refractivity contribution in [2.45, 2.75) is 0 Å². The van der Waals surface area contributed by atoms with Gasteiger partial charge in [0.15, 0.2) is 0 Å². The van der Waals surface area contributed by atoms with Crippen LogP contribution in [0.1, 0.15) is 0 Å². The van der Waals surface area contributed by atoms with Crippen LogP contribution in [-0.2, 0) is 11.8 Å². The summed E-state index contributed by atoms with van der Waals surface area (Å²) in [7, 11) is 0. The first-order valence-corrected chi connectivity index (χ1v) is 7.04. The summed E-state index contributed by atoms with van der Waals surface area (Å²) < 4.78 is 0. The van der Waals surface area contributed by atoms with Crippen molar-refractivity contribution in [2.24, 2.45) is 0 Å². The number of benzene rings is 1. The van der Waals surface area contributed by atoms with E-state index in [0.29, 0.717) is 5.75 Å². The molecule has 0 bridgehead atoms. The summed E-state index contributed by atoms with van der Waals surface area (Å²) in [5, 5.41) is 10.2. The molecule has 0 aliphatic rings. The van der Waals surface area contributed by atoms with Crippen molar-refractivity contribution in [2.75, 3.05) is 13.3 Å². The van der Waals surface area contributed by atoms with E-state index >= 15 is 0 Å². The Kier molecular flexibility index (Phi) is 2.36. The first-order valence-electron chi connectivity index (χ1n) is 3.35. The van der Waals surface area contributed by atoms with E-state index in [9.17, 15) is 0 Å². The molecule has 0 aromatic heterocycles. The van der Waals surface area contributed by atoms with E-state index in [2.05, 4.69) is 13.3 Å². The lowest BCUT2D eigenvalue weighted by Crippen LogP contribution is -2.00. The number of aromatic hydroxyl groups is 1. The molecular formula is C8H11OPS. The number of rotatable bonds is 1. The van der Waals surface area contributed by atoms with E-state index in [1.54, 1.807) is 12.1 Å². The van der Waals surface area contributed by atoms with E-state index in [1.807, 2.05) is 12.1 Å². The zero-order valence-electron chi connectivity index (χ0n) is 6.61. The van der Waals surface area contributed by atoms with E-state index in [4.69, 9.17) is 16.9 Å². The second kappa shape index (κ2) is 2.96. The van der Waals surface area contributed by atoms with Crippen molar-refractivity contribution in [1.29, 1.82) is 0 Å². The maximum Gasteiger partial charge on any atom is 0.116 e. The van der Waals surface area contributed by atoms with Gasteiger partial charge in [0.2, 0.25) is 0 Å². The molecule has 0 atom stereocenters. The van der Waals surface area contributed by atoms with Crippen molar-refractivity contribution in [3.8, 4) is 5.75 Å². The lowest BCUT2D eigenvalue weighted by Gasteiger charge is -2.09. The molecule has 0 heterocycles. The normalized spacial score (nSPS) is 11.5. The summed E-state index contributed by atoms with van der Waals surface area (Å²) >= 11 is 5.31. The van der Waals surface area contributed by atoms with Crippen LogP contribution in [-0.4, -0.2) is 18.4 Å². The average Bonchev–Trinajstić information content (AvgIpc) is 1.86. The van der Waals surface area contributed by atoms with Crippen molar-refractivity contribution in [1.82, 2.24) is 0 Å². The van der Waals surface area contributed by atoms with Gasteiger partial charge >= 0.3 is 0 Å². The Bertz CT molecular complexity index is 303. The first kappa shape index (κ1) is 8.76. The molecule has 0 aliphatic heterocycles. The minimum Gasteiger partial charge on any atom is -0.508 e. The molecule has 0 spiro atoms. The monoisotopic (exact) mass is 186 g/mol. The van der Waals surface area contributed by atoms with Gasteiger partial charge in [0.05, 0.1) is 0 Å². The molecule has 0 saturated carbocycles. The van der Waals surface area contributed by atoms with Crippen LogP contribution in [0.25, 0.3) is 0 Å². The van der Waals surface area contributed by atoms with Crippen LogP contribution in [0.5, 0.6) is 5.75 Å². The van der Waals surface area contributed by atoms with Crippen LogP contribution in [0.3, 0.4) is 0 Å². The topological polar surface area (TPSA) is 20.2 Å². The SMILES string of the molecule is CP(C)(=S)c1cccc(O)c1. The van der Waals surface area contributed by atoms with Crippen molar-refractivity contribution in [3.05, 3.63) is 24.3 Å². The number of hydrogen-bond acceptors (Lipinski definition) is 2. The van der Waals surface area contributed by atoms with Crippen LogP contribution in [0, 0.1) is 0 Å². The molecule has 1 aromatic rings. The van der Waals surface area contributed by atoms with Crippen LogP contribution >= 0.6 is 6.04 Å². The first-order chi connectivity index (χ1) is 5.00. The van der Waals surface area contributed by atoms with Crippen molar-refractivity contribution >= 4 is 23.1 Å². The Morgan fingerprint density at radius 1 is 1.36 bits per heavy atom. The molecule has 1 N–H and O–H groups in total. The molecule has 0 radical (unpaired) electrons. The van der Waals surface area contributed by atoms with Gasteiger partial charge in [-0.1, -0.05) is 23.9 Å². The molecule has 1 aromatic carbocycles. The van der Waals surface area contributed by atoms with Gasteiger partial charge in [-0.25, -0.2) is 0 Å². The Balaban J connectivity index is 3.17. The standard InChI is InChI=1S/C8H11OPS/c1-10(2,11)8-5-3-4-7(9)6-8/h3-6,9H,1-2H3. The zero-order chi connectivity index (χ0) is 8.48. The van der Waals surface area contributed by atoms with Crippen LogP contribution in [0.2, 0.25) is 0 Å². The van der Waals surface area contributed by atoms with E-state index in [-0.39, 0.29) is 0 Å². The minimum absolute atomic E-state index is 0.306. The number of phenols is 1. The highest BCUT2D eigenvalue weighted by atomic mass is 32.4. The quantitative estimate of drug-likeness (QED) is 0.674. The largest absolute Gasteiger partial charge is 0.508 e. The Morgan fingerprint density at radius 2 is 2.00 bits per heavy atom. The third-order valence-corrected chi connectivity index (χ3v) is 3.61. The van der Waals surface area contributed by atoms with Gasteiger partial charge in [-0.3, -0.25) is 0 Å².